The third-order valence-electron chi connectivity index (χ3n) is 4.30. The van der Waals surface area contributed by atoms with Gasteiger partial charge in [0.2, 0.25) is 10.0 Å². The number of nitrogens with one attached hydrogen (secondary N) is 1. The molecule has 0 unspecified atom stereocenters. The van der Waals surface area contributed by atoms with E-state index in [1.807, 2.05) is 18.4 Å². The summed E-state index contributed by atoms with van der Waals surface area (Å²) in [7, 11) is -3.56. The molecule has 0 saturated carbocycles. The molecule has 1 aromatic carbocycles. The molecule has 1 aliphatic heterocycles. The van der Waals surface area contributed by atoms with Crippen molar-refractivity contribution in [1.82, 2.24) is 9.73 Å². The van der Waals surface area contributed by atoms with Gasteiger partial charge < -0.3 is 0 Å². The third-order valence-corrected chi connectivity index (χ3v) is 7.15. The Morgan fingerprint density at radius 3 is 2.69 bits per heavy atom. The van der Waals surface area contributed by atoms with Gasteiger partial charge in [0.25, 0.3) is 5.91 Å². The lowest BCUT2D eigenvalue weighted by molar-refractivity contribution is 0.0955. The van der Waals surface area contributed by atoms with Crippen LogP contribution in [-0.4, -0.2) is 37.9 Å². The van der Waals surface area contributed by atoms with E-state index in [0.717, 1.165) is 29.7 Å². The first kappa shape index (κ1) is 18.8. The molecule has 2 aromatic rings. The maximum atomic E-state index is 12.7. The Bertz CT molecular complexity index is 913. The highest BCUT2D eigenvalue weighted by Gasteiger charge is 2.26. The van der Waals surface area contributed by atoms with Gasteiger partial charge in [-0.05, 0) is 55.0 Å². The first-order valence-corrected chi connectivity index (χ1v) is 10.8. The zero-order valence-corrected chi connectivity index (χ0v) is 16.1. The minimum atomic E-state index is -3.56. The first-order valence-electron chi connectivity index (χ1n) is 8.46. The van der Waals surface area contributed by atoms with Crippen LogP contribution in [0.3, 0.4) is 0 Å². The largest absolute Gasteiger partial charge is 0.271 e. The highest BCUT2D eigenvalue weighted by molar-refractivity contribution is 7.89. The molecule has 1 saturated heterocycles. The number of sulfonamides is 1. The molecule has 0 bridgehead atoms. The maximum Gasteiger partial charge on any atom is 0.271 e. The van der Waals surface area contributed by atoms with Gasteiger partial charge in [0.15, 0.2) is 0 Å². The lowest BCUT2D eigenvalue weighted by atomic mass is 10.2. The predicted molar refractivity (Wildman–Crippen MR) is 103 cm³/mol. The van der Waals surface area contributed by atoms with E-state index in [1.54, 1.807) is 18.3 Å². The Hall–Kier alpha value is -2.03. The minimum absolute atomic E-state index is 0.144. The molecule has 1 N–H and O–H groups in total. The van der Waals surface area contributed by atoms with Gasteiger partial charge in [0.05, 0.1) is 11.1 Å². The molecule has 0 aliphatic carbocycles. The summed E-state index contributed by atoms with van der Waals surface area (Å²) in [5.41, 5.74) is 3.80. The molecule has 0 atom stereocenters. The molecule has 1 aliphatic rings. The molecule has 1 aromatic heterocycles. The Balaban J connectivity index is 1.73. The lowest BCUT2D eigenvalue weighted by Crippen LogP contribution is -2.35. The van der Waals surface area contributed by atoms with Crippen LogP contribution in [0.15, 0.2) is 45.7 Å². The van der Waals surface area contributed by atoms with Crippen LogP contribution in [0.2, 0.25) is 0 Å². The molecule has 138 valence electrons. The predicted octanol–water partition coefficient (Wildman–Crippen LogP) is 3.00. The fourth-order valence-corrected chi connectivity index (χ4v) is 5.13. The molecule has 1 amide bonds. The van der Waals surface area contributed by atoms with Crippen LogP contribution < -0.4 is 5.43 Å². The van der Waals surface area contributed by atoms with E-state index in [9.17, 15) is 13.2 Å². The number of benzene rings is 1. The van der Waals surface area contributed by atoms with Crippen molar-refractivity contribution in [3.05, 3.63) is 51.7 Å². The van der Waals surface area contributed by atoms with Gasteiger partial charge >= 0.3 is 0 Å². The Kier molecular flexibility index (Phi) is 5.85. The standard InChI is InChI=1S/C18H21N3O3S2/c1-14-8-11-25-17(14)13-19-20-18(22)15-6-5-7-16(12-15)26(23,24)21-9-3-2-4-10-21/h5-8,11-13H,2-4,9-10H2,1H3,(H,20,22)/b19-13+. The smallest absolute Gasteiger partial charge is 0.267 e. The summed E-state index contributed by atoms with van der Waals surface area (Å²) >= 11 is 1.53. The number of carbonyl (C=O) groups is 1. The van der Waals surface area contributed by atoms with E-state index in [0.29, 0.717) is 13.1 Å². The minimum Gasteiger partial charge on any atom is -0.267 e. The van der Waals surface area contributed by atoms with Gasteiger partial charge in [0.1, 0.15) is 0 Å². The van der Waals surface area contributed by atoms with Crippen molar-refractivity contribution in [2.75, 3.05) is 13.1 Å². The highest BCUT2D eigenvalue weighted by Crippen LogP contribution is 2.21. The zero-order valence-electron chi connectivity index (χ0n) is 14.5. The molecule has 1 fully saturated rings. The summed E-state index contributed by atoms with van der Waals surface area (Å²) in [4.78, 5) is 13.4. The number of nitrogens with zero attached hydrogens (tertiary/aromatic N) is 2. The fourth-order valence-electron chi connectivity index (χ4n) is 2.78. The highest BCUT2D eigenvalue weighted by atomic mass is 32.2. The van der Waals surface area contributed by atoms with Gasteiger partial charge in [-0.3, -0.25) is 4.79 Å². The summed E-state index contributed by atoms with van der Waals surface area (Å²) in [6, 6.07) is 8.07. The van der Waals surface area contributed by atoms with Gasteiger partial charge in [-0.15, -0.1) is 11.3 Å². The summed E-state index contributed by atoms with van der Waals surface area (Å²) in [6.07, 6.45) is 4.38. The van der Waals surface area contributed by atoms with Crippen molar-refractivity contribution in [1.29, 1.82) is 0 Å². The number of thiophene rings is 1. The molecule has 0 spiro atoms. The number of aryl methyl sites for hydroxylation is 1. The van der Waals surface area contributed by atoms with E-state index in [-0.39, 0.29) is 10.5 Å². The first-order chi connectivity index (χ1) is 12.5. The molecule has 3 rings (SSSR count). The van der Waals surface area contributed by atoms with Crippen LogP contribution in [-0.2, 0) is 10.0 Å². The average molecular weight is 392 g/mol. The summed E-state index contributed by atoms with van der Waals surface area (Å²) in [5.74, 6) is -0.439. The summed E-state index contributed by atoms with van der Waals surface area (Å²) in [6.45, 7) is 3.03. The SMILES string of the molecule is Cc1ccsc1/C=N/NC(=O)c1cccc(S(=O)(=O)N2CCCCC2)c1. The number of rotatable bonds is 5. The van der Waals surface area contributed by atoms with Gasteiger partial charge in [0, 0.05) is 23.5 Å². The molecule has 2 heterocycles. The number of amides is 1. The monoisotopic (exact) mass is 391 g/mol. The van der Waals surface area contributed by atoms with Gasteiger partial charge in [-0.1, -0.05) is 12.5 Å². The Morgan fingerprint density at radius 2 is 2.00 bits per heavy atom. The molecule has 0 radical (unpaired) electrons. The maximum absolute atomic E-state index is 12.7. The van der Waals surface area contributed by atoms with E-state index < -0.39 is 15.9 Å². The molecule has 6 nitrogen and oxygen atoms in total. The van der Waals surface area contributed by atoms with Gasteiger partial charge in [-0.25, -0.2) is 13.8 Å². The summed E-state index contributed by atoms with van der Waals surface area (Å²) < 4.78 is 27.0. The van der Waals surface area contributed by atoms with Crippen molar-refractivity contribution in [3.63, 3.8) is 0 Å². The number of hydrogen-bond acceptors (Lipinski definition) is 5. The van der Waals surface area contributed by atoms with Crippen LogP contribution >= 0.6 is 11.3 Å². The third kappa shape index (κ3) is 4.20. The number of hydrazone groups is 1. The molecular weight excluding hydrogens is 370 g/mol. The van der Waals surface area contributed by atoms with Crippen molar-refractivity contribution >= 4 is 33.5 Å². The molecule has 26 heavy (non-hydrogen) atoms. The fraction of sp³-hybridized carbons (Fsp3) is 0.333. The van der Waals surface area contributed by atoms with Crippen LogP contribution in [0.5, 0.6) is 0 Å². The Labute approximate surface area is 157 Å². The van der Waals surface area contributed by atoms with Crippen LogP contribution in [0.25, 0.3) is 0 Å². The second-order valence-corrected chi connectivity index (χ2v) is 9.05. The van der Waals surface area contributed by atoms with E-state index in [2.05, 4.69) is 10.5 Å². The van der Waals surface area contributed by atoms with E-state index in [1.165, 1.54) is 27.8 Å². The number of carbonyl (C=O) groups excluding carboxylic acids is 1. The van der Waals surface area contributed by atoms with Crippen LogP contribution in [0.4, 0.5) is 0 Å². The quantitative estimate of drug-likeness (QED) is 0.629. The van der Waals surface area contributed by atoms with Crippen LogP contribution in [0, 0.1) is 6.92 Å². The molecule has 8 heteroatoms. The second-order valence-electron chi connectivity index (χ2n) is 6.16. The van der Waals surface area contributed by atoms with E-state index in [4.69, 9.17) is 0 Å². The Morgan fingerprint density at radius 1 is 1.23 bits per heavy atom. The second kappa shape index (κ2) is 8.11. The number of hydrogen-bond donors (Lipinski definition) is 1. The van der Waals surface area contributed by atoms with Gasteiger partial charge in [-0.2, -0.15) is 9.41 Å². The van der Waals surface area contributed by atoms with Crippen molar-refractivity contribution in [2.24, 2.45) is 5.10 Å². The van der Waals surface area contributed by atoms with Crippen molar-refractivity contribution < 1.29 is 13.2 Å². The lowest BCUT2D eigenvalue weighted by Gasteiger charge is -2.25. The average Bonchev–Trinajstić information content (AvgIpc) is 3.07. The topological polar surface area (TPSA) is 78.8 Å². The van der Waals surface area contributed by atoms with Crippen molar-refractivity contribution in [3.8, 4) is 0 Å². The number of piperidine rings is 1. The van der Waals surface area contributed by atoms with E-state index >= 15 is 0 Å². The van der Waals surface area contributed by atoms with Crippen molar-refractivity contribution in [2.45, 2.75) is 31.1 Å². The zero-order chi connectivity index (χ0) is 18.6. The normalized spacial score (nSPS) is 16.0. The van der Waals surface area contributed by atoms with Crippen LogP contribution in [0.1, 0.15) is 40.1 Å². The molecular formula is C18H21N3O3S2. The summed E-state index contributed by atoms with van der Waals surface area (Å²) in [5, 5.41) is 5.91.